The van der Waals surface area contributed by atoms with Crippen LogP contribution < -0.4 is 9.64 Å². The fraction of sp³-hybridized carbons (Fsp3) is 0.261. The second-order valence-corrected chi connectivity index (χ2v) is 7.21. The minimum absolute atomic E-state index is 0.0179. The van der Waals surface area contributed by atoms with Gasteiger partial charge in [-0.2, -0.15) is 0 Å². The van der Waals surface area contributed by atoms with E-state index in [0.717, 1.165) is 22.7 Å². The molecule has 6 nitrogen and oxygen atoms in total. The Morgan fingerprint density at radius 1 is 0.967 bits per heavy atom. The zero-order valence-electron chi connectivity index (χ0n) is 16.8. The Hall–Kier alpha value is -3.48. The largest absolute Gasteiger partial charge is 0.484 e. The summed E-state index contributed by atoms with van der Waals surface area (Å²) in [4.78, 5) is 16.4. The number of para-hydroxylation sites is 1. The molecule has 1 fully saturated rings. The zero-order valence-corrected chi connectivity index (χ0v) is 16.8. The van der Waals surface area contributed by atoms with E-state index in [0.29, 0.717) is 31.9 Å². The van der Waals surface area contributed by atoms with E-state index in [9.17, 15) is 9.18 Å². The van der Waals surface area contributed by atoms with Crippen molar-refractivity contribution in [1.82, 2.24) is 15.1 Å². The van der Waals surface area contributed by atoms with Gasteiger partial charge in [0.2, 0.25) is 0 Å². The molecule has 7 heteroatoms. The molecule has 3 aromatic rings. The Bertz CT molecular complexity index is 1000. The molecule has 1 aromatic heterocycles. The number of amides is 1. The predicted molar refractivity (Wildman–Crippen MR) is 113 cm³/mol. The molecule has 2 heterocycles. The van der Waals surface area contributed by atoms with Gasteiger partial charge in [-0.15, -0.1) is 10.2 Å². The van der Waals surface area contributed by atoms with Gasteiger partial charge in [-0.3, -0.25) is 4.79 Å². The van der Waals surface area contributed by atoms with Crippen molar-refractivity contribution in [2.75, 3.05) is 37.7 Å². The summed E-state index contributed by atoms with van der Waals surface area (Å²) in [6.07, 6.45) is 0. The third-order valence-electron chi connectivity index (χ3n) is 5.19. The second kappa shape index (κ2) is 8.90. The Balaban J connectivity index is 1.30. The van der Waals surface area contributed by atoms with Gasteiger partial charge < -0.3 is 14.5 Å². The lowest BCUT2D eigenvalue weighted by molar-refractivity contribution is -0.133. The van der Waals surface area contributed by atoms with Crippen molar-refractivity contribution in [3.63, 3.8) is 0 Å². The smallest absolute Gasteiger partial charge is 0.260 e. The maximum Gasteiger partial charge on any atom is 0.260 e. The van der Waals surface area contributed by atoms with Gasteiger partial charge in [0.15, 0.2) is 12.4 Å². The molecule has 0 bridgehead atoms. The maximum atomic E-state index is 13.1. The van der Waals surface area contributed by atoms with E-state index in [1.807, 2.05) is 48.2 Å². The summed E-state index contributed by atoms with van der Waals surface area (Å²) in [6, 6.07) is 17.6. The van der Waals surface area contributed by atoms with Gasteiger partial charge in [0.25, 0.3) is 5.91 Å². The van der Waals surface area contributed by atoms with Crippen molar-refractivity contribution in [2.24, 2.45) is 0 Å². The van der Waals surface area contributed by atoms with Crippen LogP contribution in [0.1, 0.15) is 5.56 Å². The number of anilines is 1. The summed E-state index contributed by atoms with van der Waals surface area (Å²) in [5, 5.41) is 8.58. The van der Waals surface area contributed by atoms with Crippen molar-refractivity contribution in [3.05, 3.63) is 72.0 Å². The lowest BCUT2D eigenvalue weighted by atomic mass is 10.1. The van der Waals surface area contributed by atoms with Gasteiger partial charge in [0.1, 0.15) is 11.6 Å². The molecule has 0 unspecified atom stereocenters. The van der Waals surface area contributed by atoms with Crippen LogP contribution >= 0.6 is 0 Å². The topological polar surface area (TPSA) is 58.6 Å². The van der Waals surface area contributed by atoms with Gasteiger partial charge >= 0.3 is 0 Å². The molecule has 1 saturated heterocycles. The number of benzene rings is 2. The molecule has 0 radical (unpaired) electrons. The highest BCUT2D eigenvalue weighted by Gasteiger charge is 2.22. The van der Waals surface area contributed by atoms with E-state index >= 15 is 0 Å². The van der Waals surface area contributed by atoms with Gasteiger partial charge in [0, 0.05) is 31.7 Å². The highest BCUT2D eigenvalue weighted by atomic mass is 19.1. The molecule has 30 heavy (non-hydrogen) atoms. The van der Waals surface area contributed by atoms with Crippen molar-refractivity contribution in [1.29, 1.82) is 0 Å². The molecule has 0 saturated carbocycles. The third-order valence-corrected chi connectivity index (χ3v) is 5.19. The minimum atomic E-state index is -0.278. The first-order valence-electron chi connectivity index (χ1n) is 9.91. The lowest BCUT2D eigenvalue weighted by Gasteiger charge is -2.35. The molecule has 2 aromatic carbocycles. The lowest BCUT2D eigenvalue weighted by Crippen LogP contribution is -2.50. The Morgan fingerprint density at radius 2 is 1.70 bits per heavy atom. The number of aryl methyl sites for hydroxylation is 1. The Labute approximate surface area is 174 Å². The monoisotopic (exact) mass is 406 g/mol. The number of nitrogens with zero attached hydrogens (tertiary/aromatic N) is 4. The van der Waals surface area contributed by atoms with Crippen LogP contribution in [-0.4, -0.2) is 53.8 Å². The van der Waals surface area contributed by atoms with Crippen molar-refractivity contribution >= 4 is 11.7 Å². The van der Waals surface area contributed by atoms with Crippen LogP contribution in [-0.2, 0) is 4.79 Å². The molecule has 154 valence electrons. The second-order valence-electron chi connectivity index (χ2n) is 7.21. The SMILES string of the molecule is Cc1ccccc1OCC(=O)N1CCN(c2ccc(-c3ccc(F)cc3)nn2)CC1. The number of ether oxygens (including phenoxy) is 1. The van der Waals surface area contributed by atoms with Crippen LogP contribution in [0.2, 0.25) is 0 Å². The van der Waals surface area contributed by atoms with E-state index in [4.69, 9.17) is 4.74 Å². The molecule has 0 N–H and O–H groups in total. The molecular weight excluding hydrogens is 383 g/mol. The van der Waals surface area contributed by atoms with E-state index < -0.39 is 0 Å². The van der Waals surface area contributed by atoms with E-state index in [1.165, 1.54) is 12.1 Å². The number of carbonyl (C=O) groups excluding carboxylic acids is 1. The minimum Gasteiger partial charge on any atom is -0.484 e. The molecule has 1 amide bonds. The molecular formula is C23H23FN4O2. The quantitative estimate of drug-likeness (QED) is 0.651. The number of hydrogen-bond acceptors (Lipinski definition) is 5. The van der Waals surface area contributed by atoms with Crippen LogP contribution in [0.15, 0.2) is 60.7 Å². The standard InChI is InChI=1S/C23H23FN4O2/c1-17-4-2-3-5-21(17)30-16-23(29)28-14-12-27(13-15-28)22-11-10-20(25-26-22)18-6-8-19(24)9-7-18/h2-11H,12-16H2,1H3. The molecule has 0 spiro atoms. The van der Waals surface area contributed by atoms with Crippen LogP contribution in [0.4, 0.5) is 10.2 Å². The van der Waals surface area contributed by atoms with E-state index in [1.54, 1.807) is 12.1 Å². The number of hydrogen-bond donors (Lipinski definition) is 0. The van der Waals surface area contributed by atoms with Crippen LogP contribution in [0.5, 0.6) is 5.75 Å². The van der Waals surface area contributed by atoms with Crippen LogP contribution in [0, 0.1) is 12.7 Å². The molecule has 1 aliphatic heterocycles. The number of halogens is 1. The van der Waals surface area contributed by atoms with Crippen molar-refractivity contribution in [2.45, 2.75) is 6.92 Å². The third kappa shape index (κ3) is 4.56. The average Bonchev–Trinajstić information content (AvgIpc) is 2.79. The van der Waals surface area contributed by atoms with Gasteiger partial charge in [-0.25, -0.2) is 4.39 Å². The van der Waals surface area contributed by atoms with E-state index in [2.05, 4.69) is 15.1 Å². The van der Waals surface area contributed by atoms with Crippen LogP contribution in [0.25, 0.3) is 11.3 Å². The molecule has 0 atom stereocenters. The van der Waals surface area contributed by atoms with Gasteiger partial charge in [-0.1, -0.05) is 18.2 Å². The Kier molecular flexibility index (Phi) is 5.88. The molecule has 1 aliphatic rings. The number of piperazine rings is 1. The highest BCUT2D eigenvalue weighted by Crippen LogP contribution is 2.20. The van der Waals surface area contributed by atoms with Crippen molar-refractivity contribution < 1.29 is 13.9 Å². The first kappa shape index (κ1) is 19.8. The molecule has 0 aliphatic carbocycles. The summed E-state index contributed by atoms with van der Waals surface area (Å²) in [6.45, 7) is 4.58. The number of carbonyl (C=O) groups is 1. The van der Waals surface area contributed by atoms with Crippen molar-refractivity contribution in [3.8, 4) is 17.0 Å². The fourth-order valence-electron chi connectivity index (χ4n) is 3.40. The average molecular weight is 406 g/mol. The zero-order chi connectivity index (χ0) is 20.9. The fourth-order valence-corrected chi connectivity index (χ4v) is 3.40. The number of rotatable bonds is 5. The van der Waals surface area contributed by atoms with Gasteiger partial charge in [-0.05, 0) is 55.0 Å². The summed E-state index contributed by atoms with van der Waals surface area (Å²) in [5.41, 5.74) is 2.53. The summed E-state index contributed by atoms with van der Waals surface area (Å²) < 4.78 is 18.7. The summed E-state index contributed by atoms with van der Waals surface area (Å²) >= 11 is 0. The first-order valence-corrected chi connectivity index (χ1v) is 9.91. The maximum absolute atomic E-state index is 13.1. The molecule has 4 rings (SSSR count). The van der Waals surface area contributed by atoms with Gasteiger partial charge in [0.05, 0.1) is 5.69 Å². The van der Waals surface area contributed by atoms with Crippen LogP contribution in [0.3, 0.4) is 0 Å². The summed E-state index contributed by atoms with van der Waals surface area (Å²) in [5.74, 6) is 1.21. The normalized spacial score (nSPS) is 13.9. The summed E-state index contributed by atoms with van der Waals surface area (Å²) in [7, 11) is 0. The Morgan fingerprint density at radius 3 is 2.37 bits per heavy atom. The highest BCUT2D eigenvalue weighted by molar-refractivity contribution is 5.78. The predicted octanol–water partition coefficient (Wildman–Crippen LogP) is 3.32. The first-order chi connectivity index (χ1) is 14.6. The number of aromatic nitrogens is 2. The van der Waals surface area contributed by atoms with E-state index in [-0.39, 0.29) is 18.3 Å².